The highest BCUT2D eigenvalue weighted by molar-refractivity contribution is 7.92. The summed E-state index contributed by atoms with van der Waals surface area (Å²) in [6.07, 6.45) is 1.04. The van der Waals surface area contributed by atoms with Crippen LogP contribution in [-0.2, 0) is 26.2 Å². The number of hydrogen-bond donors (Lipinski definition) is 1. The zero-order valence-electron chi connectivity index (χ0n) is 20.0. The predicted molar refractivity (Wildman–Crippen MR) is 138 cm³/mol. The molecule has 1 N–H and O–H groups in total. The molecule has 0 bridgehead atoms. The molecular formula is C24H31Cl2N3O4S. The van der Waals surface area contributed by atoms with Crippen molar-refractivity contribution < 1.29 is 18.0 Å². The molecule has 0 heterocycles. The summed E-state index contributed by atoms with van der Waals surface area (Å²) in [5.41, 5.74) is 1.67. The summed E-state index contributed by atoms with van der Waals surface area (Å²) in [6.45, 7) is 7.36. The fourth-order valence-corrected chi connectivity index (χ4v) is 4.71. The summed E-state index contributed by atoms with van der Waals surface area (Å²) in [5, 5.41) is 3.79. The molecule has 2 aromatic rings. The summed E-state index contributed by atoms with van der Waals surface area (Å²) >= 11 is 12.1. The number of nitrogens with zero attached hydrogens (tertiary/aromatic N) is 2. The van der Waals surface area contributed by atoms with Crippen molar-refractivity contribution >= 4 is 50.7 Å². The Morgan fingerprint density at radius 1 is 1.03 bits per heavy atom. The first-order chi connectivity index (χ1) is 15.8. The number of sulfonamides is 1. The zero-order chi connectivity index (χ0) is 25.6. The second kappa shape index (κ2) is 11.9. The van der Waals surface area contributed by atoms with E-state index >= 15 is 0 Å². The molecule has 0 spiro atoms. The Balaban J connectivity index is 2.40. The van der Waals surface area contributed by atoms with Crippen molar-refractivity contribution in [1.29, 1.82) is 0 Å². The molecule has 34 heavy (non-hydrogen) atoms. The van der Waals surface area contributed by atoms with E-state index in [2.05, 4.69) is 5.32 Å². The highest BCUT2D eigenvalue weighted by Crippen LogP contribution is 2.26. The maximum Gasteiger partial charge on any atom is 0.244 e. The molecule has 0 aliphatic heterocycles. The Morgan fingerprint density at radius 2 is 1.68 bits per heavy atom. The van der Waals surface area contributed by atoms with Gasteiger partial charge in [-0.05, 0) is 61.2 Å². The molecule has 0 aliphatic rings. The summed E-state index contributed by atoms with van der Waals surface area (Å²) in [6, 6.07) is 10.9. The number of halogens is 2. The van der Waals surface area contributed by atoms with Crippen LogP contribution in [0.2, 0.25) is 10.0 Å². The molecule has 186 valence electrons. The van der Waals surface area contributed by atoms with Gasteiger partial charge in [0.1, 0.15) is 12.6 Å². The van der Waals surface area contributed by atoms with Gasteiger partial charge in [-0.1, -0.05) is 49.2 Å². The van der Waals surface area contributed by atoms with Crippen LogP contribution in [0.15, 0.2) is 42.5 Å². The predicted octanol–water partition coefficient (Wildman–Crippen LogP) is 4.26. The molecule has 0 saturated carbocycles. The number of amides is 2. The number of benzene rings is 2. The lowest BCUT2D eigenvalue weighted by atomic mass is 10.1. The number of rotatable bonds is 10. The van der Waals surface area contributed by atoms with Gasteiger partial charge in [-0.3, -0.25) is 13.9 Å². The molecule has 2 amide bonds. The summed E-state index contributed by atoms with van der Waals surface area (Å²) in [4.78, 5) is 27.7. The van der Waals surface area contributed by atoms with E-state index < -0.39 is 28.5 Å². The van der Waals surface area contributed by atoms with Crippen LogP contribution >= 0.6 is 23.2 Å². The third kappa shape index (κ3) is 7.89. The lowest BCUT2D eigenvalue weighted by Gasteiger charge is -2.32. The third-order valence-electron chi connectivity index (χ3n) is 5.20. The largest absolute Gasteiger partial charge is 0.354 e. The highest BCUT2D eigenvalue weighted by Gasteiger charge is 2.30. The molecule has 2 aromatic carbocycles. The fraction of sp³-hybridized carbons (Fsp3) is 0.417. The van der Waals surface area contributed by atoms with Gasteiger partial charge in [-0.15, -0.1) is 0 Å². The quantitative estimate of drug-likeness (QED) is 0.500. The molecule has 0 fully saturated rings. The summed E-state index contributed by atoms with van der Waals surface area (Å²) in [7, 11) is -3.81. The molecule has 7 nitrogen and oxygen atoms in total. The number of anilines is 1. The summed E-state index contributed by atoms with van der Waals surface area (Å²) in [5.74, 6) is -0.605. The minimum absolute atomic E-state index is 0.0901. The van der Waals surface area contributed by atoms with E-state index in [9.17, 15) is 18.0 Å². The van der Waals surface area contributed by atoms with Crippen molar-refractivity contribution in [3.63, 3.8) is 0 Å². The van der Waals surface area contributed by atoms with Crippen LogP contribution in [0.25, 0.3) is 0 Å². The van der Waals surface area contributed by atoms with Crippen molar-refractivity contribution in [3.05, 3.63) is 63.6 Å². The van der Waals surface area contributed by atoms with Crippen LogP contribution < -0.4 is 9.62 Å². The maximum atomic E-state index is 13.5. The molecular weight excluding hydrogens is 497 g/mol. The normalized spacial score (nSPS) is 12.4. The van der Waals surface area contributed by atoms with Crippen molar-refractivity contribution in [2.24, 2.45) is 5.92 Å². The topological polar surface area (TPSA) is 86.8 Å². The van der Waals surface area contributed by atoms with Crippen LogP contribution in [0.1, 0.15) is 31.9 Å². The van der Waals surface area contributed by atoms with Gasteiger partial charge in [0.15, 0.2) is 0 Å². The Kier molecular flexibility index (Phi) is 9.79. The number of hydrogen-bond acceptors (Lipinski definition) is 4. The van der Waals surface area contributed by atoms with Gasteiger partial charge in [0.05, 0.1) is 11.9 Å². The SMILES string of the molecule is Cc1cc(Cl)ccc1N(CC(=O)N(Cc1cccc(Cl)c1)[C@@H](C)C(=O)NCC(C)C)S(C)(=O)=O. The third-order valence-corrected chi connectivity index (χ3v) is 6.80. The first-order valence-electron chi connectivity index (χ1n) is 10.8. The van der Waals surface area contributed by atoms with Gasteiger partial charge < -0.3 is 10.2 Å². The number of nitrogens with one attached hydrogen (secondary N) is 1. The first kappa shape index (κ1) is 28.0. The lowest BCUT2D eigenvalue weighted by Crippen LogP contribution is -2.51. The van der Waals surface area contributed by atoms with Gasteiger partial charge >= 0.3 is 0 Å². The fourth-order valence-electron chi connectivity index (χ4n) is 3.36. The highest BCUT2D eigenvalue weighted by atomic mass is 35.5. The second-order valence-corrected chi connectivity index (χ2v) is 11.4. The number of aryl methyl sites for hydroxylation is 1. The van der Waals surface area contributed by atoms with E-state index in [0.29, 0.717) is 27.8 Å². The van der Waals surface area contributed by atoms with Crippen LogP contribution in [0, 0.1) is 12.8 Å². The van der Waals surface area contributed by atoms with Gasteiger partial charge in [0.2, 0.25) is 21.8 Å². The van der Waals surface area contributed by atoms with Crippen molar-refractivity contribution in [2.75, 3.05) is 23.7 Å². The Hall–Kier alpha value is -2.29. The van der Waals surface area contributed by atoms with Crippen LogP contribution in [0.4, 0.5) is 5.69 Å². The monoisotopic (exact) mass is 527 g/mol. The van der Waals surface area contributed by atoms with Crippen LogP contribution in [0.5, 0.6) is 0 Å². The van der Waals surface area contributed by atoms with Crippen LogP contribution in [-0.4, -0.2) is 50.5 Å². The Bertz CT molecular complexity index is 1140. The van der Waals surface area contributed by atoms with Gasteiger partial charge in [-0.25, -0.2) is 8.42 Å². The molecule has 2 rings (SSSR count). The minimum Gasteiger partial charge on any atom is -0.354 e. The van der Waals surface area contributed by atoms with Crippen molar-refractivity contribution in [2.45, 2.75) is 40.3 Å². The smallest absolute Gasteiger partial charge is 0.244 e. The van der Waals surface area contributed by atoms with Crippen LogP contribution in [0.3, 0.4) is 0 Å². The van der Waals surface area contributed by atoms with Gasteiger partial charge in [0.25, 0.3) is 0 Å². The molecule has 0 unspecified atom stereocenters. The molecule has 0 radical (unpaired) electrons. The molecule has 0 aliphatic carbocycles. The van der Waals surface area contributed by atoms with Crippen molar-refractivity contribution in [1.82, 2.24) is 10.2 Å². The second-order valence-electron chi connectivity index (χ2n) is 8.67. The van der Waals surface area contributed by atoms with E-state index in [4.69, 9.17) is 23.2 Å². The zero-order valence-corrected chi connectivity index (χ0v) is 22.3. The standard InChI is InChI=1S/C24H31Cl2N3O4S/c1-16(2)13-27-24(31)18(4)28(14-19-7-6-8-20(25)12-19)23(30)15-29(34(5,32)33)22-10-9-21(26)11-17(22)3/h6-12,16,18H,13-15H2,1-5H3,(H,27,31)/t18-/m0/s1. The summed E-state index contributed by atoms with van der Waals surface area (Å²) < 4.78 is 26.3. The molecule has 0 saturated heterocycles. The average Bonchev–Trinajstić information content (AvgIpc) is 2.73. The average molecular weight is 529 g/mol. The van der Waals surface area contributed by atoms with Gasteiger partial charge in [0, 0.05) is 23.1 Å². The molecule has 0 aromatic heterocycles. The lowest BCUT2D eigenvalue weighted by molar-refractivity contribution is -0.139. The molecule has 1 atom stereocenters. The van der Waals surface area contributed by atoms with E-state index in [0.717, 1.165) is 16.1 Å². The van der Waals surface area contributed by atoms with E-state index in [1.807, 2.05) is 13.8 Å². The first-order valence-corrected chi connectivity index (χ1v) is 13.5. The van der Waals surface area contributed by atoms with E-state index in [1.165, 1.54) is 4.90 Å². The Morgan fingerprint density at radius 3 is 2.24 bits per heavy atom. The number of carbonyl (C=O) groups is 2. The molecule has 10 heteroatoms. The minimum atomic E-state index is -3.81. The van der Waals surface area contributed by atoms with E-state index in [-0.39, 0.29) is 18.4 Å². The number of carbonyl (C=O) groups excluding carboxylic acids is 2. The van der Waals surface area contributed by atoms with E-state index in [1.54, 1.807) is 56.3 Å². The van der Waals surface area contributed by atoms with Gasteiger partial charge in [-0.2, -0.15) is 0 Å². The Labute approximate surface area is 212 Å². The van der Waals surface area contributed by atoms with Crippen molar-refractivity contribution in [3.8, 4) is 0 Å². The maximum absolute atomic E-state index is 13.5.